The van der Waals surface area contributed by atoms with Crippen molar-refractivity contribution in [2.45, 2.75) is 6.42 Å². The summed E-state index contributed by atoms with van der Waals surface area (Å²) in [6, 6.07) is 21.0. The molecule has 0 saturated heterocycles. The highest BCUT2D eigenvalue weighted by atomic mass is 16.6. The van der Waals surface area contributed by atoms with Gasteiger partial charge in [0, 0.05) is 12.2 Å². The topological polar surface area (TPSA) is 88.9 Å². The summed E-state index contributed by atoms with van der Waals surface area (Å²) in [6.07, 6.45) is 2.25. The van der Waals surface area contributed by atoms with Crippen LogP contribution in [0.4, 0.5) is 5.69 Å². The van der Waals surface area contributed by atoms with Gasteiger partial charge in [-0.25, -0.2) is 4.79 Å². The molecule has 0 spiro atoms. The van der Waals surface area contributed by atoms with Crippen LogP contribution >= 0.6 is 0 Å². The molecule has 0 N–H and O–H groups in total. The van der Waals surface area contributed by atoms with Gasteiger partial charge in [0.1, 0.15) is 17.4 Å². The van der Waals surface area contributed by atoms with Crippen molar-refractivity contribution in [2.24, 2.45) is 0 Å². The second-order valence-electron chi connectivity index (χ2n) is 7.53. The van der Waals surface area contributed by atoms with Crippen molar-refractivity contribution in [1.29, 1.82) is 5.26 Å². The number of nitriles is 1. The first-order valence-corrected chi connectivity index (χ1v) is 10.6. The number of carbonyl (C=O) groups excluding carboxylic acids is 2. The number of fused-ring (bicyclic) bond motifs is 1. The van der Waals surface area contributed by atoms with Crippen LogP contribution in [0.2, 0.25) is 0 Å². The van der Waals surface area contributed by atoms with E-state index in [9.17, 15) is 14.9 Å². The van der Waals surface area contributed by atoms with E-state index in [1.807, 2.05) is 30.3 Å². The number of amides is 1. The molecular formula is C27H22N2O5. The van der Waals surface area contributed by atoms with Crippen molar-refractivity contribution in [3.63, 3.8) is 0 Å². The molecule has 1 aliphatic heterocycles. The number of anilines is 1. The number of carbonyl (C=O) groups is 2. The Kier molecular flexibility index (Phi) is 6.60. The standard InChI is InChI=1S/C27H22N2O5/c1-32-22-10-8-20(9-11-22)27(31)34-24-12-7-18(16-25(24)33-2)15-21(17-28)26(30)29-14-13-19-5-3-4-6-23(19)29/h3-12,15-16H,13-14H2,1-2H3. The van der Waals surface area contributed by atoms with Crippen molar-refractivity contribution in [1.82, 2.24) is 0 Å². The second kappa shape index (κ2) is 9.92. The molecular weight excluding hydrogens is 432 g/mol. The zero-order chi connectivity index (χ0) is 24.1. The molecule has 0 saturated carbocycles. The maximum atomic E-state index is 13.0. The van der Waals surface area contributed by atoms with Gasteiger partial charge in [0.25, 0.3) is 5.91 Å². The molecule has 3 aromatic carbocycles. The van der Waals surface area contributed by atoms with Crippen molar-refractivity contribution in [2.75, 3.05) is 25.7 Å². The van der Waals surface area contributed by atoms with Crippen molar-refractivity contribution >= 4 is 23.6 Å². The molecule has 0 bridgehead atoms. The number of ether oxygens (including phenoxy) is 3. The Morgan fingerprint density at radius 1 is 0.971 bits per heavy atom. The van der Waals surface area contributed by atoms with Gasteiger partial charge in [-0.15, -0.1) is 0 Å². The van der Waals surface area contributed by atoms with E-state index >= 15 is 0 Å². The van der Waals surface area contributed by atoms with Crippen LogP contribution in [0.15, 0.2) is 72.3 Å². The number of nitrogens with zero attached hydrogens (tertiary/aromatic N) is 2. The fourth-order valence-electron chi connectivity index (χ4n) is 3.75. The molecule has 34 heavy (non-hydrogen) atoms. The molecule has 1 amide bonds. The lowest BCUT2D eigenvalue weighted by molar-refractivity contribution is -0.114. The lowest BCUT2D eigenvalue weighted by Gasteiger charge is -2.16. The normalized spacial score (nSPS) is 12.5. The van der Waals surface area contributed by atoms with Crippen LogP contribution in [0.25, 0.3) is 6.08 Å². The summed E-state index contributed by atoms with van der Waals surface area (Å²) in [5.41, 5.74) is 2.83. The van der Waals surface area contributed by atoms with Crippen LogP contribution in [0.1, 0.15) is 21.5 Å². The molecule has 0 unspecified atom stereocenters. The largest absolute Gasteiger partial charge is 0.497 e. The van der Waals surface area contributed by atoms with E-state index in [4.69, 9.17) is 14.2 Å². The van der Waals surface area contributed by atoms with Crippen LogP contribution in [-0.4, -0.2) is 32.6 Å². The molecule has 0 fully saturated rings. The zero-order valence-electron chi connectivity index (χ0n) is 18.8. The van der Waals surface area contributed by atoms with Crippen LogP contribution in [0.3, 0.4) is 0 Å². The third-order valence-corrected chi connectivity index (χ3v) is 5.51. The van der Waals surface area contributed by atoms with Gasteiger partial charge in [-0.2, -0.15) is 5.26 Å². The van der Waals surface area contributed by atoms with Crippen LogP contribution in [0, 0.1) is 11.3 Å². The summed E-state index contributed by atoms with van der Waals surface area (Å²) in [7, 11) is 2.99. The number of methoxy groups -OCH3 is 2. The summed E-state index contributed by atoms with van der Waals surface area (Å²) in [4.78, 5) is 27.2. The summed E-state index contributed by atoms with van der Waals surface area (Å²) in [5.74, 6) is 0.238. The fraction of sp³-hybridized carbons (Fsp3) is 0.148. The lowest BCUT2D eigenvalue weighted by Crippen LogP contribution is -2.29. The molecule has 4 rings (SSSR count). The first-order valence-electron chi connectivity index (χ1n) is 10.6. The van der Waals surface area contributed by atoms with Gasteiger partial charge in [0.05, 0.1) is 19.8 Å². The van der Waals surface area contributed by atoms with Gasteiger partial charge in [-0.3, -0.25) is 4.79 Å². The molecule has 0 aromatic heterocycles. The SMILES string of the molecule is COc1ccc(C(=O)Oc2ccc(C=C(C#N)C(=O)N3CCc4ccccc43)cc2OC)cc1. The minimum Gasteiger partial charge on any atom is -0.497 e. The summed E-state index contributed by atoms with van der Waals surface area (Å²) >= 11 is 0. The number of esters is 1. The number of benzene rings is 3. The Morgan fingerprint density at radius 3 is 2.44 bits per heavy atom. The minimum atomic E-state index is -0.551. The molecule has 1 heterocycles. The molecule has 0 radical (unpaired) electrons. The molecule has 7 heteroatoms. The number of rotatable bonds is 6. The summed E-state index contributed by atoms with van der Waals surface area (Å²) in [5, 5.41) is 9.65. The van der Waals surface area contributed by atoms with E-state index in [-0.39, 0.29) is 17.2 Å². The number of para-hydroxylation sites is 1. The highest BCUT2D eigenvalue weighted by molar-refractivity contribution is 6.12. The Morgan fingerprint density at radius 2 is 1.74 bits per heavy atom. The highest BCUT2D eigenvalue weighted by Crippen LogP contribution is 2.31. The van der Waals surface area contributed by atoms with E-state index in [0.29, 0.717) is 29.2 Å². The van der Waals surface area contributed by atoms with E-state index in [2.05, 4.69) is 0 Å². The monoisotopic (exact) mass is 454 g/mol. The summed E-state index contributed by atoms with van der Waals surface area (Å²) < 4.78 is 16.0. The first-order chi connectivity index (χ1) is 16.5. The summed E-state index contributed by atoms with van der Waals surface area (Å²) in [6.45, 7) is 0.529. The predicted molar refractivity (Wildman–Crippen MR) is 127 cm³/mol. The minimum absolute atomic E-state index is 0.00161. The van der Waals surface area contributed by atoms with Gasteiger partial charge >= 0.3 is 5.97 Å². The van der Waals surface area contributed by atoms with Crippen LogP contribution < -0.4 is 19.1 Å². The Hall–Kier alpha value is -4.57. The van der Waals surface area contributed by atoms with Gasteiger partial charge in [-0.05, 0) is 66.1 Å². The average molecular weight is 454 g/mol. The van der Waals surface area contributed by atoms with E-state index in [1.165, 1.54) is 13.2 Å². The second-order valence-corrected chi connectivity index (χ2v) is 7.53. The zero-order valence-corrected chi connectivity index (χ0v) is 18.8. The van der Waals surface area contributed by atoms with Gasteiger partial charge in [-0.1, -0.05) is 24.3 Å². The maximum absolute atomic E-state index is 13.0. The molecule has 0 atom stereocenters. The average Bonchev–Trinajstić information content (AvgIpc) is 3.31. The third kappa shape index (κ3) is 4.62. The van der Waals surface area contributed by atoms with E-state index in [0.717, 1.165) is 17.7 Å². The Labute approximate surface area is 197 Å². The number of hydrogen-bond acceptors (Lipinski definition) is 6. The fourth-order valence-corrected chi connectivity index (χ4v) is 3.75. The van der Waals surface area contributed by atoms with Crippen molar-refractivity contribution in [3.05, 3.63) is 89.0 Å². The lowest BCUT2D eigenvalue weighted by atomic mass is 10.1. The Balaban J connectivity index is 1.54. The molecule has 1 aliphatic rings. The third-order valence-electron chi connectivity index (χ3n) is 5.51. The van der Waals surface area contributed by atoms with Gasteiger partial charge in [0.15, 0.2) is 11.5 Å². The van der Waals surface area contributed by atoms with Crippen molar-refractivity contribution in [3.8, 4) is 23.3 Å². The van der Waals surface area contributed by atoms with Gasteiger partial charge < -0.3 is 19.1 Å². The van der Waals surface area contributed by atoms with E-state index < -0.39 is 5.97 Å². The molecule has 7 nitrogen and oxygen atoms in total. The number of hydrogen-bond donors (Lipinski definition) is 0. The maximum Gasteiger partial charge on any atom is 0.343 e. The van der Waals surface area contributed by atoms with Crippen LogP contribution in [-0.2, 0) is 11.2 Å². The molecule has 170 valence electrons. The quantitative estimate of drug-likeness (QED) is 0.237. The first kappa shape index (κ1) is 22.6. The molecule has 3 aromatic rings. The Bertz CT molecular complexity index is 1310. The van der Waals surface area contributed by atoms with Crippen LogP contribution in [0.5, 0.6) is 17.2 Å². The highest BCUT2D eigenvalue weighted by Gasteiger charge is 2.26. The van der Waals surface area contributed by atoms with Gasteiger partial charge in [0.2, 0.25) is 0 Å². The smallest absolute Gasteiger partial charge is 0.343 e. The van der Waals surface area contributed by atoms with E-state index in [1.54, 1.807) is 54.5 Å². The molecule has 0 aliphatic carbocycles. The van der Waals surface area contributed by atoms with Crippen molar-refractivity contribution < 1.29 is 23.8 Å². The predicted octanol–water partition coefficient (Wildman–Crippen LogP) is 4.42.